The fourth-order valence-electron chi connectivity index (χ4n) is 2.32. The Labute approximate surface area is 132 Å². The van der Waals surface area contributed by atoms with Gasteiger partial charge in [-0.2, -0.15) is 0 Å². The third-order valence-corrected chi connectivity index (χ3v) is 3.97. The van der Waals surface area contributed by atoms with Crippen molar-refractivity contribution < 1.29 is 4.42 Å². The molecule has 0 aliphatic rings. The van der Waals surface area contributed by atoms with Gasteiger partial charge in [-0.15, -0.1) is 10.2 Å². The van der Waals surface area contributed by atoms with E-state index in [9.17, 15) is 0 Å². The lowest BCUT2D eigenvalue weighted by Gasteiger charge is -2.10. The second-order valence-corrected chi connectivity index (χ2v) is 5.74. The van der Waals surface area contributed by atoms with Gasteiger partial charge in [-0.1, -0.05) is 53.2 Å². The number of halogens is 1. The van der Waals surface area contributed by atoms with Crippen LogP contribution in [-0.2, 0) is 0 Å². The van der Waals surface area contributed by atoms with Gasteiger partial charge in [0.15, 0.2) is 0 Å². The second kappa shape index (κ2) is 6.22. The van der Waals surface area contributed by atoms with Crippen molar-refractivity contribution in [2.24, 2.45) is 0 Å². The summed E-state index contributed by atoms with van der Waals surface area (Å²) in [5, 5.41) is 8.41. The molecule has 0 saturated carbocycles. The van der Waals surface area contributed by atoms with Crippen LogP contribution in [0.15, 0.2) is 63.5 Å². The van der Waals surface area contributed by atoms with E-state index in [1.807, 2.05) is 42.5 Å². The summed E-state index contributed by atoms with van der Waals surface area (Å²) in [5.41, 5.74) is 2.13. The highest BCUT2D eigenvalue weighted by molar-refractivity contribution is 9.10. The fraction of sp³-hybridized carbons (Fsp3) is 0.176. The average molecular weight is 343 g/mol. The van der Waals surface area contributed by atoms with Crippen molar-refractivity contribution in [3.63, 3.8) is 0 Å². The van der Waals surface area contributed by atoms with Gasteiger partial charge in [-0.05, 0) is 36.2 Å². The molecule has 1 atom stereocenters. The first-order valence-corrected chi connectivity index (χ1v) is 7.71. The molecule has 0 fully saturated rings. The first kappa shape index (κ1) is 14.0. The largest absolute Gasteiger partial charge is 0.420 e. The molecule has 3 nitrogen and oxygen atoms in total. The maximum atomic E-state index is 5.88. The number of rotatable bonds is 4. The molecular formula is C17H15BrN2O. The number of benzene rings is 2. The van der Waals surface area contributed by atoms with E-state index in [0.29, 0.717) is 11.8 Å². The molecular weight excluding hydrogens is 328 g/mol. The zero-order chi connectivity index (χ0) is 14.7. The Morgan fingerprint density at radius 3 is 2.38 bits per heavy atom. The molecule has 0 aliphatic carbocycles. The van der Waals surface area contributed by atoms with Gasteiger partial charge >= 0.3 is 0 Å². The van der Waals surface area contributed by atoms with E-state index in [2.05, 4.69) is 45.2 Å². The summed E-state index contributed by atoms with van der Waals surface area (Å²) >= 11 is 3.42. The van der Waals surface area contributed by atoms with Gasteiger partial charge in [0.1, 0.15) is 0 Å². The molecule has 1 heterocycles. The van der Waals surface area contributed by atoms with Crippen molar-refractivity contribution in [3.05, 3.63) is 70.5 Å². The number of aromatic nitrogens is 2. The lowest BCUT2D eigenvalue weighted by Crippen LogP contribution is -1.99. The van der Waals surface area contributed by atoms with Crippen molar-refractivity contribution in [3.8, 4) is 11.5 Å². The van der Waals surface area contributed by atoms with Crippen LogP contribution in [0, 0.1) is 0 Å². The van der Waals surface area contributed by atoms with Crippen molar-refractivity contribution in [2.75, 3.05) is 0 Å². The van der Waals surface area contributed by atoms with Gasteiger partial charge in [0.25, 0.3) is 0 Å². The Morgan fingerprint density at radius 2 is 1.71 bits per heavy atom. The lowest BCUT2D eigenvalue weighted by atomic mass is 9.97. The summed E-state index contributed by atoms with van der Waals surface area (Å²) in [6.45, 7) is 2.13. The predicted molar refractivity (Wildman–Crippen MR) is 86.0 cm³/mol. The van der Waals surface area contributed by atoms with Gasteiger partial charge in [0.2, 0.25) is 11.8 Å². The minimum absolute atomic E-state index is 0.142. The van der Waals surface area contributed by atoms with Gasteiger partial charge in [0.05, 0.1) is 5.92 Å². The van der Waals surface area contributed by atoms with E-state index in [1.54, 1.807) is 0 Å². The third kappa shape index (κ3) is 3.05. The first-order chi connectivity index (χ1) is 10.3. The van der Waals surface area contributed by atoms with E-state index >= 15 is 0 Å². The SMILES string of the molecule is CC[C@H](c1ccccc1)c1nnc(-c2ccc(Br)cc2)o1. The topological polar surface area (TPSA) is 38.9 Å². The molecule has 0 aliphatic heterocycles. The number of hydrogen-bond donors (Lipinski definition) is 0. The quantitative estimate of drug-likeness (QED) is 0.666. The molecule has 106 valence electrons. The average Bonchev–Trinajstić information content (AvgIpc) is 2.99. The Kier molecular flexibility index (Phi) is 4.15. The molecule has 3 aromatic rings. The monoisotopic (exact) mass is 342 g/mol. The molecule has 0 N–H and O–H groups in total. The Balaban J connectivity index is 1.92. The van der Waals surface area contributed by atoms with Crippen molar-refractivity contribution in [1.29, 1.82) is 0 Å². The van der Waals surface area contributed by atoms with Gasteiger partial charge in [-0.25, -0.2) is 0 Å². The molecule has 0 saturated heterocycles. The molecule has 0 bridgehead atoms. The van der Waals surface area contributed by atoms with Crippen LogP contribution in [0.25, 0.3) is 11.5 Å². The van der Waals surface area contributed by atoms with Crippen LogP contribution in [0.3, 0.4) is 0 Å². The van der Waals surface area contributed by atoms with E-state index in [1.165, 1.54) is 5.56 Å². The standard InChI is InChI=1S/C17H15BrN2O/c1-2-15(12-6-4-3-5-7-12)17-20-19-16(21-17)13-8-10-14(18)11-9-13/h3-11,15H,2H2,1H3/t15-/m1/s1. The summed E-state index contributed by atoms with van der Waals surface area (Å²) < 4.78 is 6.91. The Bertz CT molecular complexity index is 707. The number of nitrogens with zero attached hydrogens (tertiary/aromatic N) is 2. The van der Waals surface area contributed by atoms with Crippen LogP contribution < -0.4 is 0 Å². The van der Waals surface area contributed by atoms with Crippen LogP contribution >= 0.6 is 15.9 Å². The Morgan fingerprint density at radius 1 is 1.00 bits per heavy atom. The zero-order valence-electron chi connectivity index (χ0n) is 11.7. The molecule has 0 spiro atoms. The van der Waals surface area contributed by atoms with E-state index < -0.39 is 0 Å². The van der Waals surface area contributed by atoms with Crippen LogP contribution in [0.2, 0.25) is 0 Å². The van der Waals surface area contributed by atoms with Crippen molar-refractivity contribution >= 4 is 15.9 Å². The van der Waals surface area contributed by atoms with E-state index in [0.717, 1.165) is 16.5 Å². The maximum Gasteiger partial charge on any atom is 0.247 e. The molecule has 1 aromatic heterocycles. The molecule has 0 radical (unpaired) electrons. The fourth-order valence-corrected chi connectivity index (χ4v) is 2.59. The van der Waals surface area contributed by atoms with Crippen molar-refractivity contribution in [1.82, 2.24) is 10.2 Å². The third-order valence-electron chi connectivity index (χ3n) is 3.44. The summed E-state index contributed by atoms with van der Waals surface area (Å²) in [6.07, 6.45) is 0.923. The summed E-state index contributed by atoms with van der Waals surface area (Å²) in [6, 6.07) is 18.1. The molecule has 2 aromatic carbocycles. The van der Waals surface area contributed by atoms with E-state index in [-0.39, 0.29) is 5.92 Å². The van der Waals surface area contributed by atoms with Gasteiger partial charge in [-0.3, -0.25) is 0 Å². The highest BCUT2D eigenvalue weighted by Crippen LogP contribution is 2.29. The highest BCUT2D eigenvalue weighted by atomic mass is 79.9. The first-order valence-electron chi connectivity index (χ1n) is 6.92. The summed E-state index contributed by atoms with van der Waals surface area (Å²) in [5.74, 6) is 1.37. The smallest absolute Gasteiger partial charge is 0.247 e. The van der Waals surface area contributed by atoms with Crippen LogP contribution in [0.1, 0.15) is 30.7 Å². The van der Waals surface area contributed by atoms with Gasteiger partial charge in [0, 0.05) is 10.0 Å². The van der Waals surface area contributed by atoms with E-state index in [4.69, 9.17) is 4.42 Å². The zero-order valence-corrected chi connectivity index (χ0v) is 13.2. The van der Waals surface area contributed by atoms with Crippen molar-refractivity contribution in [2.45, 2.75) is 19.3 Å². The molecule has 4 heteroatoms. The van der Waals surface area contributed by atoms with Gasteiger partial charge < -0.3 is 4.42 Å². The van der Waals surface area contributed by atoms with Crippen LogP contribution in [0.4, 0.5) is 0 Å². The lowest BCUT2D eigenvalue weighted by molar-refractivity contribution is 0.474. The maximum absolute atomic E-state index is 5.88. The Hall–Kier alpha value is -1.94. The minimum Gasteiger partial charge on any atom is -0.420 e. The molecule has 0 unspecified atom stereocenters. The molecule has 3 rings (SSSR count). The highest BCUT2D eigenvalue weighted by Gasteiger charge is 2.19. The normalized spacial score (nSPS) is 12.3. The summed E-state index contributed by atoms with van der Waals surface area (Å²) in [7, 11) is 0. The minimum atomic E-state index is 0.142. The van der Waals surface area contributed by atoms with Crippen LogP contribution in [-0.4, -0.2) is 10.2 Å². The number of hydrogen-bond acceptors (Lipinski definition) is 3. The second-order valence-electron chi connectivity index (χ2n) is 4.82. The summed E-state index contributed by atoms with van der Waals surface area (Å²) in [4.78, 5) is 0. The predicted octanol–water partition coefficient (Wildman–Crippen LogP) is 5.04. The molecule has 0 amide bonds. The molecule has 21 heavy (non-hydrogen) atoms. The van der Waals surface area contributed by atoms with Crippen LogP contribution in [0.5, 0.6) is 0 Å².